The molecule has 1 aliphatic rings. The summed E-state index contributed by atoms with van der Waals surface area (Å²) >= 11 is 0. The van der Waals surface area contributed by atoms with E-state index in [-0.39, 0.29) is 12.6 Å². The lowest BCUT2D eigenvalue weighted by Gasteiger charge is -2.40. The second kappa shape index (κ2) is 18.7. The zero-order valence-electron chi connectivity index (χ0n) is 20.7. The minimum absolute atomic E-state index is 0.238. The Kier molecular flexibility index (Phi) is 17.2. The van der Waals surface area contributed by atoms with Crippen LogP contribution in [0.3, 0.4) is 0 Å². The minimum atomic E-state index is -1.24. The van der Waals surface area contributed by atoms with Crippen LogP contribution in [0.15, 0.2) is 0 Å². The zero-order chi connectivity index (χ0) is 23.6. The van der Waals surface area contributed by atoms with Crippen molar-refractivity contribution in [2.75, 3.05) is 13.7 Å². The predicted molar refractivity (Wildman–Crippen MR) is 127 cm³/mol. The van der Waals surface area contributed by atoms with Gasteiger partial charge in [0.25, 0.3) is 0 Å². The Hall–Kier alpha value is -0.690. The Labute approximate surface area is 196 Å². The molecule has 0 aromatic carbocycles. The van der Waals surface area contributed by atoms with Gasteiger partial charge in [0.2, 0.25) is 0 Å². The van der Waals surface area contributed by atoms with Crippen molar-refractivity contribution in [2.45, 2.75) is 140 Å². The number of hydrogen-bond acceptors (Lipinski definition) is 6. The van der Waals surface area contributed by atoms with Crippen molar-refractivity contribution in [3.05, 3.63) is 0 Å². The SMILES string of the molecule is CCCCCCCCCCCCCCCCCC(=O)O[C@H]1C(OC)C[C@H](CO)[C@@H](O)[C@@H]1O. The molecule has 1 rings (SSSR count). The van der Waals surface area contributed by atoms with Gasteiger partial charge >= 0.3 is 5.97 Å². The molecule has 0 bridgehead atoms. The number of unbranched alkanes of at least 4 members (excludes halogenated alkanes) is 14. The fourth-order valence-corrected chi connectivity index (χ4v) is 4.67. The van der Waals surface area contributed by atoms with Crippen molar-refractivity contribution in [1.29, 1.82) is 0 Å². The van der Waals surface area contributed by atoms with Gasteiger partial charge in [-0.2, -0.15) is 0 Å². The van der Waals surface area contributed by atoms with E-state index in [4.69, 9.17) is 9.47 Å². The smallest absolute Gasteiger partial charge is 0.306 e. The van der Waals surface area contributed by atoms with Gasteiger partial charge < -0.3 is 24.8 Å². The second-order valence-corrected chi connectivity index (χ2v) is 9.59. The van der Waals surface area contributed by atoms with Gasteiger partial charge in [-0.05, 0) is 12.8 Å². The van der Waals surface area contributed by atoms with E-state index in [9.17, 15) is 20.1 Å². The molecule has 0 saturated heterocycles. The Morgan fingerprint density at radius 2 is 1.25 bits per heavy atom. The van der Waals surface area contributed by atoms with E-state index in [1.807, 2.05) is 0 Å². The molecule has 5 atom stereocenters. The molecule has 1 fully saturated rings. The number of methoxy groups -OCH3 is 1. The third-order valence-electron chi connectivity index (χ3n) is 6.86. The van der Waals surface area contributed by atoms with Crippen LogP contribution >= 0.6 is 0 Å². The molecular weight excluding hydrogens is 408 g/mol. The van der Waals surface area contributed by atoms with E-state index in [1.54, 1.807) is 0 Å². The number of carbonyl (C=O) groups excluding carboxylic acids is 1. The highest BCUT2D eigenvalue weighted by Crippen LogP contribution is 2.29. The van der Waals surface area contributed by atoms with Crippen LogP contribution in [-0.4, -0.2) is 59.4 Å². The lowest BCUT2D eigenvalue weighted by Crippen LogP contribution is -2.56. The highest BCUT2D eigenvalue weighted by Gasteiger charge is 2.45. The number of aliphatic hydroxyl groups is 3. The maximum absolute atomic E-state index is 12.2. The Balaban J connectivity index is 2.00. The Morgan fingerprint density at radius 3 is 1.69 bits per heavy atom. The van der Waals surface area contributed by atoms with Crippen molar-refractivity contribution in [3.63, 3.8) is 0 Å². The lowest BCUT2D eigenvalue weighted by molar-refractivity contribution is -0.198. The summed E-state index contributed by atoms with van der Waals surface area (Å²) in [7, 11) is 1.49. The summed E-state index contributed by atoms with van der Waals surface area (Å²) in [6, 6.07) is 0. The largest absolute Gasteiger partial charge is 0.457 e. The quantitative estimate of drug-likeness (QED) is 0.188. The van der Waals surface area contributed by atoms with E-state index in [2.05, 4.69) is 6.92 Å². The van der Waals surface area contributed by atoms with Crippen LogP contribution in [-0.2, 0) is 14.3 Å². The van der Waals surface area contributed by atoms with Crippen LogP contribution in [0.2, 0.25) is 0 Å². The van der Waals surface area contributed by atoms with Gasteiger partial charge in [-0.1, -0.05) is 96.8 Å². The van der Waals surface area contributed by atoms with Gasteiger partial charge in [0.1, 0.15) is 6.10 Å². The number of ether oxygens (including phenoxy) is 2. The molecule has 0 aromatic rings. The predicted octanol–water partition coefficient (Wildman–Crippen LogP) is 4.91. The number of rotatable bonds is 19. The fourth-order valence-electron chi connectivity index (χ4n) is 4.67. The molecule has 190 valence electrons. The number of aliphatic hydroxyl groups excluding tert-OH is 3. The standard InChI is InChI=1S/C26H50O6/c1-3-4-5-6-7-8-9-10-11-12-13-14-15-16-17-18-23(28)32-26-22(31-2)19-21(20-27)24(29)25(26)30/h21-22,24-27,29-30H,3-20H2,1-2H3/t21-,22?,24-,25+,26+/m1/s1. The fraction of sp³-hybridized carbons (Fsp3) is 0.962. The van der Waals surface area contributed by atoms with Crippen molar-refractivity contribution in [1.82, 2.24) is 0 Å². The summed E-state index contributed by atoms with van der Waals surface area (Å²) in [5.41, 5.74) is 0. The van der Waals surface area contributed by atoms with Crippen molar-refractivity contribution >= 4 is 5.97 Å². The Morgan fingerprint density at radius 1 is 0.781 bits per heavy atom. The zero-order valence-corrected chi connectivity index (χ0v) is 20.7. The van der Waals surface area contributed by atoms with E-state index in [0.29, 0.717) is 12.8 Å². The molecule has 0 amide bonds. The maximum Gasteiger partial charge on any atom is 0.306 e. The summed E-state index contributed by atoms with van der Waals surface area (Å²) in [6.07, 6.45) is 16.0. The average molecular weight is 459 g/mol. The highest BCUT2D eigenvalue weighted by atomic mass is 16.6. The first-order chi connectivity index (χ1) is 15.5. The molecule has 1 aliphatic carbocycles. The summed E-state index contributed by atoms with van der Waals surface area (Å²) < 4.78 is 10.8. The van der Waals surface area contributed by atoms with E-state index in [0.717, 1.165) is 19.3 Å². The molecule has 0 radical (unpaired) electrons. The van der Waals surface area contributed by atoms with Crippen LogP contribution in [0.4, 0.5) is 0 Å². The highest BCUT2D eigenvalue weighted by molar-refractivity contribution is 5.69. The van der Waals surface area contributed by atoms with E-state index >= 15 is 0 Å². The summed E-state index contributed by atoms with van der Waals surface area (Å²) in [5, 5.41) is 29.7. The van der Waals surface area contributed by atoms with Gasteiger partial charge in [0, 0.05) is 26.1 Å². The van der Waals surface area contributed by atoms with Crippen LogP contribution in [0, 0.1) is 5.92 Å². The molecular formula is C26H50O6. The van der Waals surface area contributed by atoms with Gasteiger partial charge in [0.05, 0.1) is 12.2 Å². The average Bonchev–Trinajstić information content (AvgIpc) is 2.79. The Bertz CT molecular complexity index is 456. The van der Waals surface area contributed by atoms with Crippen LogP contribution in [0.25, 0.3) is 0 Å². The third-order valence-corrected chi connectivity index (χ3v) is 6.86. The first kappa shape index (κ1) is 29.3. The normalized spacial score (nSPS) is 25.7. The third kappa shape index (κ3) is 12.0. The second-order valence-electron chi connectivity index (χ2n) is 9.59. The van der Waals surface area contributed by atoms with Gasteiger partial charge in [0.15, 0.2) is 6.10 Å². The van der Waals surface area contributed by atoms with Crippen molar-refractivity contribution < 1.29 is 29.6 Å². The molecule has 0 aromatic heterocycles. The maximum atomic E-state index is 12.2. The van der Waals surface area contributed by atoms with E-state index in [1.165, 1.54) is 84.2 Å². The summed E-state index contributed by atoms with van der Waals surface area (Å²) in [4.78, 5) is 12.2. The first-order valence-electron chi connectivity index (χ1n) is 13.2. The van der Waals surface area contributed by atoms with Crippen molar-refractivity contribution in [2.24, 2.45) is 5.92 Å². The molecule has 6 heteroatoms. The first-order valence-corrected chi connectivity index (χ1v) is 13.2. The molecule has 0 heterocycles. The number of hydrogen-bond donors (Lipinski definition) is 3. The number of esters is 1. The summed E-state index contributed by atoms with van der Waals surface area (Å²) in [5.74, 6) is -0.833. The monoisotopic (exact) mass is 458 g/mol. The number of carbonyl (C=O) groups is 1. The summed E-state index contributed by atoms with van der Waals surface area (Å²) in [6.45, 7) is 2.02. The van der Waals surface area contributed by atoms with Gasteiger partial charge in [-0.15, -0.1) is 0 Å². The molecule has 32 heavy (non-hydrogen) atoms. The van der Waals surface area contributed by atoms with Crippen LogP contribution in [0.5, 0.6) is 0 Å². The van der Waals surface area contributed by atoms with Gasteiger partial charge in [-0.3, -0.25) is 4.79 Å². The topological polar surface area (TPSA) is 96.2 Å². The van der Waals surface area contributed by atoms with Gasteiger partial charge in [-0.25, -0.2) is 0 Å². The molecule has 3 N–H and O–H groups in total. The molecule has 0 spiro atoms. The van der Waals surface area contributed by atoms with Crippen molar-refractivity contribution in [3.8, 4) is 0 Å². The molecule has 1 saturated carbocycles. The lowest BCUT2D eigenvalue weighted by atomic mass is 9.81. The molecule has 6 nitrogen and oxygen atoms in total. The molecule has 1 unspecified atom stereocenters. The minimum Gasteiger partial charge on any atom is -0.457 e. The van der Waals surface area contributed by atoms with Crippen LogP contribution in [0.1, 0.15) is 116 Å². The molecule has 0 aliphatic heterocycles. The van der Waals surface area contributed by atoms with Crippen LogP contribution < -0.4 is 0 Å². The van der Waals surface area contributed by atoms with E-state index < -0.39 is 30.3 Å².